The van der Waals surface area contributed by atoms with Crippen molar-refractivity contribution in [2.45, 2.75) is 51.3 Å². The van der Waals surface area contributed by atoms with Gasteiger partial charge in [-0.25, -0.2) is 0 Å². The summed E-state index contributed by atoms with van der Waals surface area (Å²) in [5.41, 5.74) is 2.30. The van der Waals surface area contributed by atoms with E-state index in [2.05, 4.69) is 39.6 Å². The van der Waals surface area contributed by atoms with Crippen LogP contribution in [-0.4, -0.2) is 70.5 Å². The molecule has 0 aromatic heterocycles. The minimum absolute atomic E-state index is 0. The fourth-order valence-corrected chi connectivity index (χ4v) is 4.11. The number of ether oxygens (including phenoxy) is 3. The lowest BCUT2D eigenvalue weighted by Crippen LogP contribution is -2.48. The zero-order valence-corrected chi connectivity index (χ0v) is 21.0. The van der Waals surface area contributed by atoms with Gasteiger partial charge in [-0.1, -0.05) is 0 Å². The number of likely N-dealkylation sites (tertiary alicyclic amines) is 1. The topological polar surface area (TPSA) is 67.4 Å². The summed E-state index contributed by atoms with van der Waals surface area (Å²) in [5, 5.41) is 7.01. The monoisotopic (exact) mass is 532 g/mol. The minimum atomic E-state index is 0. The third-order valence-electron chi connectivity index (χ3n) is 5.72. The molecule has 2 N–H and O–H groups in total. The number of hydrogen-bond donors (Lipinski definition) is 2. The van der Waals surface area contributed by atoms with E-state index in [1.165, 1.54) is 5.56 Å². The van der Waals surface area contributed by atoms with Crippen LogP contribution in [0.4, 0.5) is 0 Å². The summed E-state index contributed by atoms with van der Waals surface area (Å²) in [5.74, 6) is 2.70. The summed E-state index contributed by atoms with van der Waals surface area (Å²) < 4.78 is 16.7. The second-order valence-electron chi connectivity index (χ2n) is 7.94. The fourth-order valence-electron chi connectivity index (χ4n) is 4.11. The van der Waals surface area contributed by atoms with Crippen molar-refractivity contribution in [2.75, 3.05) is 47.5 Å². The quantitative estimate of drug-likeness (QED) is 0.233. The molecule has 30 heavy (non-hydrogen) atoms. The van der Waals surface area contributed by atoms with Crippen LogP contribution in [0.5, 0.6) is 11.5 Å². The molecule has 0 saturated carbocycles. The van der Waals surface area contributed by atoms with Crippen LogP contribution in [0, 0.1) is 0 Å². The zero-order chi connectivity index (χ0) is 20.6. The Morgan fingerprint density at radius 1 is 1.27 bits per heavy atom. The second kappa shape index (κ2) is 12.6. The normalized spacial score (nSPS) is 19.6. The highest BCUT2D eigenvalue weighted by atomic mass is 127. The van der Waals surface area contributed by atoms with Crippen molar-refractivity contribution in [2.24, 2.45) is 4.99 Å². The number of guanidine groups is 1. The number of halogens is 1. The minimum Gasteiger partial charge on any atom is -0.496 e. The molecular weight excluding hydrogens is 495 g/mol. The maximum Gasteiger partial charge on any atom is 0.191 e. The molecule has 0 aliphatic carbocycles. The molecule has 170 valence electrons. The van der Waals surface area contributed by atoms with E-state index in [0.717, 1.165) is 74.9 Å². The molecule has 0 spiro atoms. The molecule has 0 bridgehead atoms. The Balaban J connectivity index is 0.00000320. The Bertz CT molecular complexity index is 693. The molecule has 1 aromatic carbocycles. The lowest BCUT2D eigenvalue weighted by molar-refractivity contribution is 0.155. The molecule has 3 rings (SSSR count). The van der Waals surface area contributed by atoms with E-state index in [9.17, 15) is 0 Å². The fraction of sp³-hybridized carbons (Fsp3) is 0.682. The predicted molar refractivity (Wildman–Crippen MR) is 131 cm³/mol. The number of nitrogens with one attached hydrogen (secondary N) is 2. The lowest BCUT2D eigenvalue weighted by atomic mass is 10.0. The van der Waals surface area contributed by atoms with Crippen LogP contribution < -0.4 is 20.1 Å². The van der Waals surface area contributed by atoms with Gasteiger partial charge in [-0.15, -0.1) is 24.0 Å². The number of methoxy groups -OCH3 is 2. The lowest BCUT2D eigenvalue weighted by Gasteiger charge is -2.33. The number of hydrogen-bond acceptors (Lipinski definition) is 5. The number of piperidine rings is 1. The molecule has 1 saturated heterocycles. The van der Waals surface area contributed by atoms with Crippen molar-refractivity contribution in [1.29, 1.82) is 0 Å². The van der Waals surface area contributed by atoms with E-state index in [1.54, 1.807) is 14.2 Å². The average Bonchev–Trinajstić information content (AvgIpc) is 3.10. The van der Waals surface area contributed by atoms with E-state index in [4.69, 9.17) is 14.2 Å². The third-order valence-corrected chi connectivity index (χ3v) is 5.72. The van der Waals surface area contributed by atoms with Crippen LogP contribution in [0.3, 0.4) is 0 Å². The first-order valence-electron chi connectivity index (χ1n) is 10.7. The molecule has 0 radical (unpaired) electrons. The Labute approximate surface area is 197 Å². The SMILES string of the molecule is CN=C(NCc1cc2c(cc1OC)CC(C)O2)NC1CCN(CCCOC)CC1.I. The van der Waals surface area contributed by atoms with Crippen LogP contribution in [0.1, 0.15) is 37.3 Å². The van der Waals surface area contributed by atoms with Gasteiger partial charge >= 0.3 is 0 Å². The first-order chi connectivity index (χ1) is 14.1. The van der Waals surface area contributed by atoms with Crippen LogP contribution in [0.2, 0.25) is 0 Å². The summed E-state index contributed by atoms with van der Waals surface area (Å²) in [6.45, 7) is 6.93. The van der Waals surface area contributed by atoms with Crippen molar-refractivity contribution in [3.63, 3.8) is 0 Å². The molecule has 1 unspecified atom stereocenters. The largest absolute Gasteiger partial charge is 0.496 e. The number of nitrogens with zero attached hydrogens (tertiary/aromatic N) is 2. The molecule has 2 aliphatic rings. The standard InChI is InChI=1S/C22H36N4O3.HI/c1-16-12-17-13-20(28-4)18(14-21(17)29-16)15-24-22(23-2)25-19-6-9-26(10-7-19)8-5-11-27-3;/h13-14,16,19H,5-12,15H2,1-4H3,(H2,23,24,25);1H. The predicted octanol–water partition coefficient (Wildman–Crippen LogP) is 2.80. The van der Waals surface area contributed by atoms with Gasteiger partial charge in [0.25, 0.3) is 0 Å². The summed E-state index contributed by atoms with van der Waals surface area (Å²) in [7, 11) is 5.30. The Hall–Kier alpha value is -1.26. The van der Waals surface area contributed by atoms with Crippen molar-refractivity contribution >= 4 is 29.9 Å². The van der Waals surface area contributed by atoms with Crippen LogP contribution >= 0.6 is 24.0 Å². The van der Waals surface area contributed by atoms with E-state index < -0.39 is 0 Å². The molecule has 2 aliphatic heterocycles. The van der Waals surface area contributed by atoms with E-state index in [-0.39, 0.29) is 30.1 Å². The third kappa shape index (κ3) is 6.88. The highest BCUT2D eigenvalue weighted by molar-refractivity contribution is 14.0. The summed E-state index contributed by atoms with van der Waals surface area (Å²) >= 11 is 0. The molecule has 1 atom stereocenters. The van der Waals surface area contributed by atoms with Crippen LogP contribution in [-0.2, 0) is 17.7 Å². The maximum atomic E-state index is 5.91. The highest BCUT2D eigenvalue weighted by Crippen LogP contribution is 2.34. The van der Waals surface area contributed by atoms with Gasteiger partial charge < -0.3 is 29.7 Å². The molecule has 2 heterocycles. The molecular formula is C22H37IN4O3. The molecule has 7 nitrogen and oxygen atoms in total. The van der Waals surface area contributed by atoms with Gasteiger partial charge in [0.05, 0.1) is 7.11 Å². The smallest absolute Gasteiger partial charge is 0.191 e. The molecule has 0 amide bonds. The average molecular weight is 532 g/mol. The number of fused-ring (bicyclic) bond motifs is 1. The van der Waals surface area contributed by atoms with Gasteiger partial charge in [0.15, 0.2) is 5.96 Å². The first-order valence-corrected chi connectivity index (χ1v) is 10.7. The van der Waals surface area contributed by atoms with Gasteiger partial charge in [0.2, 0.25) is 0 Å². The Kier molecular flexibility index (Phi) is 10.5. The van der Waals surface area contributed by atoms with Gasteiger partial charge in [-0.2, -0.15) is 0 Å². The van der Waals surface area contributed by atoms with Crippen molar-refractivity contribution in [3.8, 4) is 11.5 Å². The Morgan fingerprint density at radius 2 is 2.03 bits per heavy atom. The van der Waals surface area contributed by atoms with E-state index >= 15 is 0 Å². The van der Waals surface area contributed by atoms with Gasteiger partial charge in [0, 0.05) is 70.5 Å². The van der Waals surface area contributed by atoms with E-state index in [0.29, 0.717) is 12.6 Å². The molecule has 1 fully saturated rings. The van der Waals surface area contributed by atoms with Gasteiger partial charge in [-0.05, 0) is 38.3 Å². The van der Waals surface area contributed by atoms with Crippen molar-refractivity contribution in [3.05, 3.63) is 23.3 Å². The van der Waals surface area contributed by atoms with Crippen molar-refractivity contribution in [1.82, 2.24) is 15.5 Å². The summed E-state index contributed by atoms with van der Waals surface area (Å²) in [6.07, 6.45) is 4.52. The van der Waals surface area contributed by atoms with E-state index in [1.807, 2.05) is 7.05 Å². The second-order valence-corrected chi connectivity index (χ2v) is 7.94. The highest BCUT2D eigenvalue weighted by Gasteiger charge is 2.22. The number of benzene rings is 1. The molecule has 8 heteroatoms. The summed E-state index contributed by atoms with van der Waals surface area (Å²) in [4.78, 5) is 6.93. The molecule has 1 aromatic rings. The first kappa shape index (κ1) is 25.0. The van der Waals surface area contributed by atoms with Gasteiger partial charge in [-0.3, -0.25) is 4.99 Å². The zero-order valence-electron chi connectivity index (χ0n) is 18.7. The number of rotatable bonds is 8. The van der Waals surface area contributed by atoms with Crippen LogP contribution in [0.15, 0.2) is 17.1 Å². The Morgan fingerprint density at radius 3 is 2.70 bits per heavy atom. The van der Waals surface area contributed by atoms with Crippen LogP contribution in [0.25, 0.3) is 0 Å². The van der Waals surface area contributed by atoms with Gasteiger partial charge in [0.1, 0.15) is 17.6 Å². The number of aliphatic imine (C=N–C) groups is 1. The van der Waals surface area contributed by atoms with Crippen molar-refractivity contribution < 1.29 is 14.2 Å². The maximum absolute atomic E-state index is 5.91. The summed E-state index contributed by atoms with van der Waals surface area (Å²) in [6, 6.07) is 4.65.